The highest BCUT2D eigenvalue weighted by Gasteiger charge is 2.28. The third kappa shape index (κ3) is 2.81. The molecule has 0 aromatic carbocycles. The molecule has 1 amide bonds. The van der Waals surface area contributed by atoms with Gasteiger partial charge in [0.25, 0.3) is 0 Å². The Bertz CT molecular complexity index is 418. The molecule has 1 aromatic rings. The topological polar surface area (TPSA) is 73.4 Å². The second kappa shape index (κ2) is 5.39. The summed E-state index contributed by atoms with van der Waals surface area (Å²) < 4.78 is 6.97. The number of rotatable bonds is 3. The van der Waals surface area contributed by atoms with Gasteiger partial charge in [0.15, 0.2) is 0 Å². The van der Waals surface area contributed by atoms with Crippen molar-refractivity contribution in [1.29, 1.82) is 0 Å². The van der Waals surface area contributed by atoms with Gasteiger partial charge < -0.3 is 15.4 Å². The Morgan fingerprint density at radius 2 is 2.44 bits per heavy atom. The van der Waals surface area contributed by atoms with E-state index in [0.29, 0.717) is 18.2 Å². The molecule has 2 N–H and O–H groups in total. The van der Waals surface area contributed by atoms with Gasteiger partial charge in [0.1, 0.15) is 6.54 Å². The number of piperidine rings is 1. The van der Waals surface area contributed by atoms with Crippen LogP contribution in [0.5, 0.6) is 0 Å². The average Bonchev–Trinajstić information content (AvgIpc) is 2.75. The van der Waals surface area contributed by atoms with E-state index >= 15 is 0 Å². The quantitative estimate of drug-likeness (QED) is 0.842. The molecule has 1 saturated heterocycles. The summed E-state index contributed by atoms with van der Waals surface area (Å²) in [6.45, 7) is 3.84. The Morgan fingerprint density at radius 1 is 1.67 bits per heavy atom. The Morgan fingerprint density at radius 3 is 3.06 bits per heavy atom. The SMILES string of the molecule is COC1CN(C(=O)Cn2cc(N)cn2)CCC1C. The fourth-order valence-corrected chi connectivity index (χ4v) is 2.27. The molecule has 0 bridgehead atoms. The number of hydrogen-bond donors (Lipinski definition) is 1. The van der Waals surface area contributed by atoms with E-state index in [1.165, 1.54) is 0 Å². The summed E-state index contributed by atoms with van der Waals surface area (Å²) in [4.78, 5) is 14.0. The summed E-state index contributed by atoms with van der Waals surface area (Å²) in [5, 5.41) is 4.02. The van der Waals surface area contributed by atoms with Crippen molar-refractivity contribution in [3.63, 3.8) is 0 Å². The van der Waals surface area contributed by atoms with Gasteiger partial charge in [-0.3, -0.25) is 9.48 Å². The first kappa shape index (κ1) is 12.9. The maximum atomic E-state index is 12.1. The molecule has 6 heteroatoms. The van der Waals surface area contributed by atoms with Gasteiger partial charge in [-0.2, -0.15) is 5.10 Å². The van der Waals surface area contributed by atoms with Crippen LogP contribution in [-0.2, 0) is 16.1 Å². The molecular weight excluding hydrogens is 232 g/mol. The van der Waals surface area contributed by atoms with E-state index in [0.717, 1.165) is 13.0 Å². The summed E-state index contributed by atoms with van der Waals surface area (Å²) in [5.74, 6) is 0.562. The van der Waals surface area contributed by atoms with Crippen LogP contribution in [0.1, 0.15) is 13.3 Å². The van der Waals surface area contributed by atoms with Crippen LogP contribution in [0, 0.1) is 5.92 Å². The fourth-order valence-electron chi connectivity index (χ4n) is 2.27. The van der Waals surface area contributed by atoms with Crippen LogP contribution in [-0.4, -0.2) is 46.9 Å². The highest BCUT2D eigenvalue weighted by atomic mass is 16.5. The van der Waals surface area contributed by atoms with E-state index in [4.69, 9.17) is 10.5 Å². The molecule has 18 heavy (non-hydrogen) atoms. The molecule has 0 saturated carbocycles. The van der Waals surface area contributed by atoms with Gasteiger partial charge in [-0.15, -0.1) is 0 Å². The lowest BCUT2D eigenvalue weighted by molar-refractivity contribution is -0.137. The van der Waals surface area contributed by atoms with Crippen LogP contribution >= 0.6 is 0 Å². The number of carbonyl (C=O) groups excluding carboxylic acids is 1. The Hall–Kier alpha value is -1.56. The average molecular weight is 252 g/mol. The number of methoxy groups -OCH3 is 1. The summed E-state index contributed by atoms with van der Waals surface area (Å²) in [6.07, 6.45) is 4.32. The first-order valence-corrected chi connectivity index (χ1v) is 6.18. The van der Waals surface area contributed by atoms with Gasteiger partial charge in [0, 0.05) is 26.4 Å². The smallest absolute Gasteiger partial charge is 0.244 e. The van der Waals surface area contributed by atoms with Crippen LogP contribution < -0.4 is 5.73 Å². The van der Waals surface area contributed by atoms with Crippen molar-refractivity contribution in [2.75, 3.05) is 25.9 Å². The minimum Gasteiger partial charge on any atom is -0.396 e. The van der Waals surface area contributed by atoms with Crippen molar-refractivity contribution < 1.29 is 9.53 Å². The monoisotopic (exact) mass is 252 g/mol. The number of aromatic nitrogens is 2. The number of likely N-dealkylation sites (tertiary alicyclic amines) is 1. The summed E-state index contributed by atoms with van der Waals surface area (Å²) in [7, 11) is 1.70. The molecule has 0 spiro atoms. The van der Waals surface area contributed by atoms with E-state index in [1.807, 2.05) is 4.90 Å². The molecule has 100 valence electrons. The number of amides is 1. The van der Waals surface area contributed by atoms with Gasteiger partial charge in [0.2, 0.25) is 5.91 Å². The lowest BCUT2D eigenvalue weighted by atomic mass is 9.96. The normalized spacial score (nSPS) is 24.2. The van der Waals surface area contributed by atoms with Gasteiger partial charge in [-0.1, -0.05) is 6.92 Å². The number of nitrogens with zero attached hydrogens (tertiary/aromatic N) is 3. The molecule has 1 fully saturated rings. The van der Waals surface area contributed by atoms with Crippen molar-refractivity contribution in [2.24, 2.45) is 5.92 Å². The van der Waals surface area contributed by atoms with Crippen LogP contribution in [0.25, 0.3) is 0 Å². The molecule has 1 aliphatic heterocycles. The summed E-state index contributed by atoms with van der Waals surface area (Å²) >= 11 is 0. The molecule has 1 aromatic heterocycles. The number of nitrogens with two attached hydrogens (primary N) is 1. The summed E-state index contributed by atoms with van der Waals surface area (Å²) in [6, 6.07) is 0. The highest BCUT2D eigenvalue weighted by Crippen LogP contribution is 2.19. The predicted octanol–water partition coefficient (Wildman–Crippen LogP) is 0.349. The number of hydrogen-bond acceptors (Lipinski definition) is 4. The van der Waals surface area contributed by atoms with Crippen molar-refractivity contribution >= 4 is 11.6 Å². The van der Waals surface area contributed by atoms with E-state index in [1.54, 1.807) is 24.2 Å². The van der Waals surface area contributed by atoms with Gasteiger partial charge in [-0.25, -0.2) is 0 Å². The summed E-state index contributed by atoms with van der Waals surface area (Å²) in [5.41, 5.74) is 6.14. The lowest BCUT2D eigenvalue weighted by Crippen LogP contribution is -2.47. The molecule has 6 nitrogen and oxygen atoms in total. The minimum absolute atomic E-state index is 0.0621. The second-order valence-corrected chi connectivity index (χ2v) is 4.85. The van der Waals surface area contributed by atoms with E-state index in [-0.39, 0.29) is 18.6 Å². The molecule has 2 heterocycles. The van der Waals surface area contributed by atoms with Gasteiger partial charge in [-0.05, 0) is 12.3 Å². The second-order valence-electron chi connectivity index (χ2n) is 4.85. The zero-order valence-electron chi connectivity index (χ0n) is 10.9. The number of anilines is 1. The zero-order chi connectivity index (χ0) is 13.1. The van der Waals surface area contributed by atoms with Gasteiger partial charge in [0.05, 0.1) is 18.0 Å². The molecule has 0 aliphatic carbocycles. The standard InChI is InChI=1S/C12H20N4O2/c1-9-3-4-15(7-11(9)18-2)12(17)8-16-6-10(13)5-14-16/h5-6,9,11H,3-4,7-8,13H2,1-2H3. The molecule has 2 atom stereocenters. The molecule has 0 radical (unpaired) electrons. The first-order chi connectivity index (χ1) is 8.60. The molecule has 2 rings (SSSR count). The van der Waals surface area contributed by atoms with Gasteiger partial charge >= 0.3 is 0 Å². The van der Waals surface area contributed by atoms with Crippen molar-refractivity contribution in [2.45, 2.75) is 26.0 Å². The maximum Gasteiger partial charge on any atom is 0.244 e. The maximum absolute atomic E-state index is 12.1. The van der Waals surface area contributed by atoms with Crippen LogP contribution in [0.4, 0.5) is 5.69 Å². The van der Waals surface area contributed by atoms with E-state index in [2.05, 4.69) is 12.0 Å². The molecular formula is C12H20N4O2. The van der Waals surface area contributed by atoms with E-state index in [9.17, 15) is 4.79 Å². The lowest BCUT2D eigenvalue weighted by Gasteiger charge is -2.36. The Kier molecular flexibility index (Phi) is 3.86. The van der Waals surface area contributed by atoms with Crippen LogP contribution in [0.3, 0.4) is 0 Å². The van der Waals surface area contributed by atoms with Crippen LogP contribution in [0.2, 0.25) is 0 Å². The largest absolute Gasteiger partial charge is 0.396 e. The Balaban J connectivity index is 1.93. The first-order valence-electron chi connectivity index (χ1n) is 6.18. The highest BCUT2D eigenvalue weighted by molar-refractivity contribution is 5.76. The van der Waals surface area contributed by atoms with Crippen molar-refractivity contribution in [3.05, 3.63) is 12.4 Å². The van der Waals surface area contributed by atoms with E-state index < -0.39 is 0 Å². The molecule has 2 unspecified atom stereocenters. The zero-order valence-corrected chi connectivity index (χ0v) is 10.9. The van der Waals surface area contributed by atoms with Crippen LogP contribution in [0.15, 0.2) is 12.4 Å². The van der Waals surface area contributed by atoms with Crippen molar-refractivity contribution in [1.82, 2.24) is 14.7 Å². The van der Waals surface area contributed by atoms with Crippen molar-refractivity contribution in [3.8, 4) is 0 Å². The third-order valence-electron chi connectivity index (χ3n) is 3.50. The fraction of sp³-hybridized carbons (Fsp3) is 0.667. The molecule has 1 aliphatic rings. The number of carbonyl (C=O) groups is 1. The predicted molar refractivity (Wildman–Crippen MR) is 67.8 cm³/mol. The Labute approximate surface area is 107 Å². The minimum atomic E-state index is 0.0621. The number of ether oxygens (including phenoxy) is 1. The number of nitrogen functional groups attached to an aromatic ring is 1. The third-order valence-corrected chi connectivity index (χ3v) is 3.50.